The number of hydrogen-bond donors (Lipinski definition) is 3. The van der Waals surface area contributed by atoms with Crippen molar-refractivity contribution in [3.63, 3.8) is 0 Å². The summed E-state index contributed by atoms with van der Waals surface area (Å²) in [6, 6.07) is 5.89. The highest BCUT2D eigenvalue weighted by Crippen LogP contribution is 2.07. The van der Waals surface area contributed by atoms with Crippen molar-refractivity contribution in [3.05, 3.63) is 30.1 Å². The van der Waals surface area contributed by atoms with E-state index in [1.807, 2.05) is 13.8 Å². The molecule has 0 saturated heterocycles. The molecular formula is C12H16FN3OS. The van der Waals surface area contributed by atoms with E-state index in [0.717, 1.165) is 0 Å². The van der Waals surface area contributed by atoms with Gasteiger partial charge in [-0.15, -0.1) is 0 Å². The van der Waals surface area contributed by atoms with Crippen LogP contribution in [0.25, 0.3) is 0 Å². The monoisotopic (exact) mass is 269 g/mol. The van der Waals surface area contributed by atoms with E-state index >= 15 is 0 Å². The summed E-state index contributed by atoms with van der Waals surface area (Å²) in [5.41, 5.74) is 0.665. The largest absolute Gasteiger partial charge is 0.353 e. The molecule has 18 heavy (non-hydrogen) atoms. The first-order chi connectivity index (χ1) is 8.47. The Morgan fingerprint density at radius 2 is 1.94 bits per heavy atom. The van der Waals surface area contributed by atoms with Crippen LogP contribution in [0.1, 0.15) is 13.8 Å². The van der Waals surface area contributed by atoms with Gasteiger partial charge in [0.1, 0.15) is 5.82 Å². The summed E-state index contributed by atoms with van der Waals surface area (Å²) in [7, 11) is 0. The molecule has 0 aliphatic rings. The summed E-state index contributed by atoms with van der Waals surface area (Å²) in [5, 5.41) is 8.67. The van der Waals surface area contributed by atoms with Crippen molar-refractivity contribution in [1.29, 1.82) is 0 Å². The molecule has 1 aromatic carbocycles. The van der Waals surface area contributed by atoms with Crippen LogP contribution < -0.4 is 16.0 Å². The Labute approximate surface area is 111 Å². The maximum Gasteiger partial charge on any atom is 0.239 e. The molecule has 1 rings (SSSR count). The van der Waals surface area contributed by atoms with Crippen molar-refractivity contribution < 1.29 is 9.18 Å². The molecule has 98 valence electrons. The molecule has 4 nitrogen and oxygen atoms in total. The van der Waals surface area contributed by atoms with Gasteiger partial charge in [0, 0.05) is 11.7 Å². The van der Waals surface area contributed by atoms with Crippen LogP contribution >= 0.6 is 12.2 Å². The molecule has 3 N–H and O–H groups in total. The van der Waals surface area contributed by atoms with Crippen LogP contribution in [0.15, 0.2) is 24.3 Å². The third-order valence-electron chi connectivity index (χ3n) is 1.96. The molecule has 0 fully saturated rings. The highest BCUT2D eigenvalue weighted by atomic mass is 32.1. The molecule has 0 saturated carbocycles. The van der Waals surface area contributed by atoms with E-state index in [4.69, 9.17) is 12.2 Å². The maximum atomic E-state index is 12.7. The molecule has 0 atom stereocenters. The SMILES string of the molecule is CC(C)NC(=O)CNC(=S)Nc1ccc(F)cc1. The van der Waals surface area contributed by atoms with Crippen LogP contribution in [-0.2, 0) is 4.79 Å². The van der Waals surface area contributed by atoms with Crippen molar-refractivity contribution in [2.24, 2.45) is 0 Å². The number of nitrogens with one attached hydrogen (secondary N) is 3. The molecule has 0 spiro atoms. The van der Waals surface area contributed by atoms with Gasteiger partial charge in [-0.05, 0) is 50.3 Å². The molecule has 6 heteroatoms. The summed E-state index contributed by atoms with van der Waals surface area (Å²) in [6.45, 7) is 3.87. The standard InChI is InChI=1S/C12H16FN3OS/c1-8(2)15-11(17)7-14-12(18)16-10-5-3-9(13)4-6-10/h3-6,8H,7H2,1-2H3,(H,15,17)(H2,14,16,18). The summed E-state index contributed by atoms with van der Waals surface area (Å²) >= 11 is 5.00. The summed E-state index contributed by atoms with van der Waals surface area (Å²) in [6.07, 6.45) is 0. The molecule has 0 unspecified atom stereocenters. The Hall–Kier alpha value is -1.69. The molecule has 0 bridgehead atoms. The second kappa shape index (κ2) is 6.90. The highest BCUT2D eigenvalue weighted by Gasteiger charge is 2.04. The van der Waals surface area contributed by atoms with Crippen LogP contribution in [0.4, 0.5) is 10.1 Å². The summed E-state index contributed by atoms with van der Waals surface area (Å²) in [5.74, 6) is -0.441. The van der Waals surface area contributed by atoms with Gasteiger partial charge in [-0.2, -0.15) is 0 Å². The predicted octanol–water partition coefficient (Wildman–Crippen LogP) is 1.64. The number of amides is 1. The Balaban J connectivity index is 2.34. The zero-order chi connectivity index (χ0) is 13.5. The van der Waals surface area contributed by atoms with Gasteiger partial charge in [0.15, 0.2) is 5.11 Å². The third kappa shape index (κ3) is 5.58. The van der Waals surface area contributed by atoms with Gasteiger partial charge in [-0.3, -0.25) is 4.79 Å². The number of anilines is 1. The molecular weight excluding hydrogens is 253 g/mol. The van der Waals surface area contributed by atoms with Gasteiger partial charge in [-0.1, -0.05) is 0 Å². The van der Waals surface area contributed by atoms with Crippen LogP contribution in [-0.4, -0.2) is 23.6 Å². The number of rotatable bonds is 4. The third-order valence-corrected chi connectivity index (χ3v) is 2.21. The fourth-order valence-corrected chi connectivity index (χ4v) is 1.43. The molecule has 1 amide bonds. The highest BCUT2D eigenvalue weighted by molar-refractivity contribution is 7.80. The number of carbonyl (C=O) groups is 1. The van der Waals surface area contributed by atoms with E-state index in [0.29, 0.717) is 10.8 Å². The van der Waals surface area contributed by atoms with Crippen molar-refractivity contribution in [3.8, 4) is 0 Å². The fourth-order valence-electron chi connectivity index (χ4n) is 1.24. The second-order valence-corrected chi connectivity index (χ2v) is 4.45. The van der Waals surface area contributed by atoms with Crippen molar-refractivity contribution in [2.75, 3.05) is 11.9 Å². The zero-order valence-corrected chi connectivity index (χ0v) is 11.1. The minimum atomic E-state index is -0.310. The molecule has 0 heterocycles. The van der Waals surface area contributed by atoms with Crippen molar-refractivity contribution >= 4 is 28.9 Å². The summed E-state index contributed by atoms with van der Waals surface area (Å²) < 4.78 is 12.7. The number of halogens is 1. The van der Waals surface area contributed by atoms with Gasteiger partial charge in [0.25, 0.3) is 0 Å². The van der Waals surface area contributed by atoms with Crippen LogP contribution in [0.2, 0.25) is 0 Å². The van der Waals surface area contributed by atoms with E-state index in [9.17, 15) is 9.18 Å². The lowest BCUT2D eigenvalue weighted by Crippen LogP contribution is -2.41. The second-order valence-electron chi connectivity index (χ2n) is 4.04. The van der Waals surface area contributed by atoms with Gasteiger partial charge < -0.3 is 16.0 Å². The Morgan fingerprint density at radius 3 is 2.50 bits per heavy atom. The van der Waals surface area contributed by atoms with E-state index in [1.165, 1.54) is 12.1 Å². The smallest absolute Gasteiger partial charge is 0.239 e. The van der Waals surface area contributed by atoms with Gasteiger partial charge in [0.2, 0.25) is 5.91 Å². The lowest BCUT2D eigenvalue weighted by Gasteiger charge is -2.12. The van der Waals surface area contributed by atoms with E-state index in [2.05, 4.69) is 16.0 Å². The van der Waals surface area contributed by atoms with Crippen molar-refractivity contribution in [1.82, 2.24) is 10.6 Å². The molecule has 0 aromatic heterocycles. The molecule has 0 aliphatic heterocycles. The number of carbonyl (C=O) groups excluding carboxylic acids is 1. The van der Waals surface area contributed by atoms with Gasteiger partial charge in [-0.25, -0.2) is 4.39 Å². The van der Waals surface area contributed by atoms with E-state index in [-0.39, 0.29) is 24.3 Å². The van der Waals surface area contributed by atoms with E-state index < -0.39 is 0 Å². The normalized spacial score (nSPS) is 10.0. The zero-order valence-electron chi connectivity index (χ0n) is 10.3. The number of benzene rings is 1. The minimum absolute atomic E-state index is 0.0953. The lowest BCUT2D eigenvalue weighted by atomic mass is 10.3. The average molecular weight is 269 g/mol. The fraction of sp³-hybridized carbons (Fsp3) is 0.333. The first-order valence-corrected chi connectivity index (χ1v) is 5.98. The van der Waals surface area contributed by atoms with Crippen LogP contribution in [0.5, 0.6) is 0 Å². The quantitative estimate of drug-likeness (QED) is 0.727. The molecule has 0 radical (unpaired) electrons. The number of thiocarbonyl (C=S) groups is 1. The topological polar surface area (TPSA) is 53.2 Å². The first-order valence-electron chi connectivity index (χ1n) is 5.57. The summed E-state index contributed by atoms with van der Waals surface area (Å²) in [4.78, 5) is 11.3. The minimum Gasteiger partial charge on any atom is -0.353 e. The first kappa shape index (κ1) is 14.4. The van der Waals surface area contributed by atoms with E-state index in [1.54, 1.807) is 12.1 Å². The van der Waals surface area contributed by atoms with Gasteiger partial charge >= 0.3 is 0 Å². The lowest BCUT2D eigenvalue weighted by molar-refractivity contribution is -0.120. The predicted molar refractivity (Wildman–Crippen MR) is 73.9 cm³/mol. The Bertz CT molecular complexity index is 420. The maximum absolute atomic E-state index is 12.7. The molecule has 0 aliphatic carbocycles. The Kier molecular flexibility index (Phi) is 5.51. The Morgan fingerprint density at radius 1 is 1.33 bits per heavy atom. The van der Waals surface area contributed by atoms with Crippen LogP contribution in [0.3, 0.4) is 0 Å². The average Bonchev–Trinajstić information content (AvgIpc) is 2.29. The van der Waals surface area contributed by atoms with Gasteiger partial charge in [0.05, 0.1) is 6.54 Å². The van der Waals surface area contributed by atoms with Crippen LogP contribution in [0, 0.1) is 5.82 Å². The van der Waals surface area contributed by atoms with Crippen molar-refractivity contribution in [2.45, 2.75) is 19.9 Å². The molecule has 1 aromatic rings. The number of hydrogen-bond acceptors (Lipinski definition) is 2.